The number of amides is 2. The van der Waals surface area contributed by atoms with Gasteiger partial charge in [0.1, 0.15) is 0 Å². The summed E-state index contributed by atoms with van der Waals surface area (Å²) in [5.41, 5.74) is 3.86. The third-order valence-electron chi connectivity index (χ3n) is 5.18. The van der Waals surface area contributed by atoms with Crippen LogP contribution in [0.4, 0.5) is 11.4 Å². The highest BCUT2D eigenvalue weighted by Crippen LogP contribution is 2.32. The van der Waals surface area contributed by atoms with Gasteiger partial charge in [-0.25, -0.2) is 0 Å². The predicted octanol–water partition coefficient (Wildman–Crippen LogP) is 4.47. The van der Waals surface area contributed by atoms with Gasteiger partial charge in [0.25, 0.3) is 11.8 Å². The van der Waals surface area contributed by atoms with Crippen molar-refractivity contribution in [3.63, 3.8) is 0 Å². The summed E-state index contributed by atoms with van der Waals surface area (Å²) in [4.78, 5) is 25.4. The Morgan fingerprint density at radius 1 is 1.00 bits per heavy atom. The van der Waals surface area contributed by atoms with Crippen LogP contribution in [0.1, 0.15) is 22.8 Å². The summed E-state index contributed by atoms with van der Waals surface area (Å²) >= 11 is 0. The number of benzene rings is 3. The Morgan fingerprint density at radius 3 is 2.53 bits per heavy atom. The van der Waals surface area contributed by atoms with Crippen LogP contribution in [0.3, 0.4) is 0 Å². The van der Waals surface area contributed by atoms with E-state index in [2.05, 4.69) is 10.4 Å². The number of anilines is 2. The lowest BCUT2D eigenvalue weighted by atomic mass is 10.1. The van der Waals surface area contributed by atoms with E-state index in [1.807, 2.05) is 49.4 Å². The van der Waals surface area contributed by atoms with Crippen LogP contribution < -0.4 is 19.8 Å². The van der Waals surface area contributed by atoms with E-state index in [4.69, 9.17) is 9.47 Å². The van der Waals surface area contributed by atoms with Crippen LogP contribution >= 0.6 is 0 Å². The van der Waals surface area contributed by atoms with Gasteiger partial charge < -0.3 is 14.8 Å². The molecule has 0 bridgehead atoms. The fourth-order valence-electron chi connectivity index (χ4n) is 3.50. The number of carbonyl (C=O) groups excluding carboxylic acids is 2. The normalized spacial score (nSPS) is 15.8. The molecule has 0 aromatic heterocycles. The van der Waals surface area contributed by atoms with Crippen molar-refractivity contribution in [2.75, 3.05) is 17.1 Å². The van der Waals surface area contributed by atoms with Gasteiger partial charge in [0, 0.05) is 11.3 Å². The summed E-state index contributed by atoms with van der Waals surface area (Å²) in [6.45, 7) is 1.97. The smallest absolute Gasteiger partial charge is 0.280 e. The molecule has 3 aromatic carbocycles. The van der Waals surface area contributed by atoms with E-state index in [0.29, 0.717) is 34.0 Å². The number of ether oxygens (including phenoxy) is 2. The Kier molecular flexibility index (Phi) is 4.91. The van der Waals surface area contributed by atoms with Gasteiger partial charge in [0.05, 0.1) is 17.0 Å². The minimum Gasteiger partial charge on any atom is -0.454 e. The highest BCUT2D eigenvalue weighted by atomic mass is 16.7. The fraction of sp³-hybridized carbons (Fsp3) is 0.0800. The molecule has 3 aromatic rings. The van der Waals surface area contributed by atoms with Gasteiger partial charge in [-0.3, -0.25) is 9.59 Å². The van der Waals surface area contributed by atoms with Crippen molar-refractivity contribution >= 4 is 35.0 Å². The SMILES string of the molecule is CC1=NN(c2ccccc2)C(=O)C1=Cc1ccc(NC(=O)c2ccc3c(c2)OCO3)cc1. The molecule has 0 aliphatic carbocycles. The molecule has 2 heterocycles. The molecule has 7 nitrogen and oxygen atoms in total. The van der Waals surface area contributed by atoms with E-state index >= 15 is 0 Å². The minimum absolute atomic E-state index is 0.160. The number of hydrogen-bond donors (Lipinski definition) is 1. The average molecular weight is 425 g/mol. The molecular weight excluding hydrogens is 406 g/mol. The van der Waals surface area contributed by atoms with Gasteiger partial charge >= 0.3 is 0 Å². The van der Waals surface area contributed by atoms with Crippen LogP contribution in [0.5, 0.6) is 11.5 Å². The highest BCUT2D eigenvalue weighted by molar-refractivity contribution is 6.32. The van der Waals surface area contributed by atoms with Crippen LogP contribution in [0.15, 0.2) is 83.5 Å². The van der Waals surface area contributed by atoms with Crippen LogP contribution in [0, 0.1) is 0 Å². The number of carbonyl (C=O) groups is 2. The first kappa shape index (κ1) is 19.6. The summed E-state index contributed by atoms with van der Waals surface area (Å²) in [5, 5.41) is 8.65. The lowest BCUT2D eigenvalue weighted by Crippen LogP contribution is -2.21. The number of nitrogens with one attached hydrogen (secondary N) is 1. The summed E-state index contributed by atoms with van der Waals surface area (Å²) in [5.74, 6) is 0.767. The Morgan fingerprint density at radius 2 is 1.75 bits per heavy atom. The van der Waals surface area contributed by atoms with Crippen molar-refractivity contribution in [1.82, 2.24) is 0 Å². The van der Waals surface area contributed by atoms with Crippen molar-refractivity contribution < 1.29 is 19.1 Å². The van der Waals surface area contributed by atoms with E-state index in [9.17, 15) is 9.59 Å². The summed E-state index contributed by atoms with van der Waals surface area (Å²) in [6.07, 6.45) is 1.80. The number of fused-ring (bicyclic) bond motifs is 1. The molecule has 0 radical (unpaired) electrons. The first-order valence-corrected chi connectivity index (χ1v) is 10.1. The lowest BCUT2D eigenvalue weighted by Gasteiger charge is -2.11. The number of nitrogens with zero attached hydrogens (tertiary/aromatic N) is 2. The van der Waals surface area contributed by atoms with Gasteiger partial charge in [-0.2, -0.15) is 10.1 Å². The molecule has 0 saturated heterocycles. The molecule has 0 spiro atoms. The molecule has 158 valence electrons. The monoisotopic (exact) mass is 425 g/mol. The maximum absolute atomic E-state index is 12.8. The van der Waals surface area contributed by atoms with Gasteiger partial charge in [-0.05, 0) is 61.0 Å². The molecule has 7 heteroatoms. The Hall–Kier alpha value is -4.39. The molecule has 0 saturated carbocycles. The van der Waals surface area contributed by atoms with Crippen molar-refractivity contribution in [2.45, 2.75) is 6.92 Å². The summed E-state index contributed by atoms with van der Waals surface area (Å²) in [6, 6.07) is 21.6. The maximum Gasteiger partial charge on any atom is 0.280 e. The number of para-hydroxylation sites is 1. The number of rotatable bonds is 4. The molecule has 0 unspecified atom stereocenters. The minimum atomic E-state index is -0.248. The standard InChI is InChI=1S/C25H19N3O4/c1-16-21(25(30)28(27-16)20-5-3-2-4-6-20)13-17-7-10-19(11-8-17)26-24(29)18-9-12-22-23(14-18)32-15-31-22/h2-14H,15H2,1H3,(H,26,29). The second-order valence-electron chi connectivity index (χ2n) is 7.34. The van der Waals surface area contributed by atoms with Crippen LogP contribution in [0.25, 0.3) is 6.08 Å². The second kappa shape index (κ2) is 8.03. The molecule has 32 heavy (non-hydrogen) atoms. The molecule has 5 rings (SSSR count). The number of hydrazone groups is 1. The zero-order chi connectivity index (χ0) is 22.1. The van der Waals surface area contributed by atoms with Crippen LogP contribution in [-0.4, -0.2) is 24.3 Å². The molecule has 2 aliphatic heterocycles. The Bertz CT molecular complexity index is 1260. The van der Waals surface area contributed by atoms with E-state index in [-0.39, 0.29) is 18.6 Å². The van der Waals surface area contributed by atoms with Crippen molar-refractivity contribution in [3.05, 3.63) is 89.5 Å². The van der Waals surface area contributed by atoms with E-state index in [1.165, 1.54) is 5.01 Å². The average Bonchev–Trinajstić information content (AvgIpc) is 3.40. The highest BCUT2D eigenvalue weighted by Gasteiger charge is 2.28. The summed E-state index contributed by atoms with van der Waals surface area (Å²) in [7, 11) is 0. The van der Waals surface area contributed by atoms with Crippen LogP contribution in [0.2, 0.25) is 0 Å². The van der Waals surface area contributed by atoms with E-state index in [1.54, 1.807) is 36.4 Å². The lowest BCUT2D eigenvalue weighted by molar-refractivity contribution is -0.114. The molecular formula is C25H19N3O4. The van der Waals surface area contributed by atoms with Crippen molar-refractivity contribution in [3.8, 4) is 11.5 Å². The predicted molar refractivity (Wildman–Crippen MR) is 122 cm³/mol. The fourth-order valence-corrected chi connectivity index (χ4v) is 3.50. The van der Waals surface area contributed by atoms with Gasteiger partial charge in [0.15, 0.2) is 11.5 Å². The third kappa shape index (κ3) is 3.72. The first-order valence-electron chi connectivity index (χ1n) is 10.1. The van der Waals surface area contributed by atoms with Crippen molar-refractivity contribution in [2.24, 2.45) is 5.10 Å². The van der Waals surface area contributed by atoms with Crippen LogP contribution in [-0.2, 0) is 4.79 Å². The van der Waals surface area contributed by atoms with E-state index in [0.717, 1.165) is 11.3 Å². The zero-order valence-electron chi connectivity index (χ0n) is 17.2. The topological polar surface area (TPSA) is 80.2 Å². The molecule has 2 amide bonds. The van der Waals surface area contributed by atoms with Crippen molar-refractivity contribution in [1.29, 1.82) is 0 Å². The molecule has 0 atom stereocenters. The van der Waals surface area contributed by atoms with E-state index < -0.39 is 0 Å². The molecule has 2 aliphatic rings. The molecule has 0 fully saturated rings. The molecule has 1 N–H and O–H groups in total. The Balaban J connectivity index is 1.30. The maximum atomic E-state index is 12.8. The zero-order valence-corrected chi connectivity index (χ0v) is 17.2. The second-order valence-corrected chi connectivity index (χ2v) is 7.34. The first-order chi connectivity index (χ1) is 15.6. The summed E-state index contributed by atoms with van der Waals surface area (Å²) < 4.78 is 10.6. The third-order valence-corrected chi connectivity index (χ3v) is 5.18. The van der Waals surface area contributed by atoms with Gasteiger partial charge in [-0.1, -0.05) is 30.3 Å². The quantitative estimate of drug-likeness (QED) is 0.626. The Labute approximate surface area is 184 Å². The number of hydrogen-bond acceptors (Lipinski definition) is 5. The largest absolute Gasteiger partial charge is 0.454 e. The van der Waals surface area contributed by atoms with Gasteiger partial charge in [-0.15, -0.1) is 0 Å². The van der Waals surface area contributed by atoms with Gasteiger partial charge in [0.2, 0.25) is 6.79 Å².